The van der Waals surface area contributed by atoms with Gasteiger partial charge in [-0.05, 0) is 98.4 Å². The summed E-state index contributed by atoms with van der Waals surface area (Å²) >= 11 is 1.89. The number of anilines is 3. The summed E-state index contributed by atoms with van der Waals surface area (Å²) in [7, 11) is 0. The summed E-state index contributed by atoms with van der Waals surface area (Å²) in [5.74, 6) is 0. The Morgan fingerprint density at radius 3 is 1.75 bits per heavy atom. The highest BCUT2D eigenvalue weighted by molar-refractivity contribution is 7.26. The first kappa shape index (κ1) is 38.7. The second kappa shape index (κ2) is 15.3. The Bertz CT molecular complexity index is 4030. The third-order valence-corrected chi connectivity index (χ3v) is 15.6. The molecule has 2 heterocycles. The molecule has 0 bridgehead atoms. The van der Waals surface area contributed by atoms with E-state index in [2.05, 4.69) is 264 Å². The summed E-state index contributed by atoms with van der Waals surface area (Å²) < 4.78 is 5.04. The van der Waals surface area contributed by atoms with Crippen LogP contribution in [0, 0.1) is 0 Å². The molecule has 0 fully saturated rings. The van der Waals surface area contributed by atoms with E-state index in [0.29, 0.717) is 0 Å². The van der Waals surface area contributed by atoms with Crippen molar-refractivity contribution in [3.63, 3.8) is 0 Å². The minimum Gasteiger partial charge on any atom is -0.310 e. The minimum atomic E-state index is -0.517. The molecule has 1 aliphatic rings. The van der Waals surface area contributed by atoms with Crippen LogP contribution < -0.4 is 4.90 Å². The van der Waals surface area contributed by atoms with Gasteiger partial charge in [0.15, 0.2) is 0 Å². The average Bonchev–Trinajstić information content (AvgIpc) is 4.06. The SMILES string of the molecule is c1ccc(-c2ccc(N(c3ccc4c(c3)C(c3ccccc3)(c3ccccc3)c3ccccc3-4)c3ccc4c(c3)sc3c(-n5c6ccccc6c6ccc7ccccc7c65)cccc34)cc2)cc1. The van der Waals surface area contributed by atoms with Crippen LogP contribution >= 0.6 is 11.3 Å². The summed E-state index contributed by atoms with van der Waals surface area (Å²) in [6.45, 7) is 0. The number of fused-ring (bicyclic) bond motifs is 11. The van der Waals surface area contributed by atoms with Crippen LogP contribution in [0.4, 0.5) is 17.1 Å². The van der Waals surface area contributed by atoms with Gasteiger partial charge in [0.2, 0.25) is 0 Å². The number of para-hydroxylation sites is 1. The van der Waals surface area contributed by atoms with E-state index in [0.717, 1.165) is 17.1 Å². The van der Waals surface area contributed by atoms with Gasteiger partial charge in [0, 0.05) is 48.7 Å². The topological polar surface area (TPSA) is 8.17 Å². The van der Waals surface area contributed by atoms with Gasteiger partial charge in [0.25, 0.3) is 0 Å². The zero-order valence-electron chi connectivity index (χ0n) is 37.1. The van der Waals surface area contributed by atoms with E-state index < -0.39 is 5.41 Å². The summed E-state index contributed by atoms with van der Waals surface area (Å²) in [6.07, 6.45) is 0. The molecule has 0 aliphatic heterocycles. The smallest absolute Gasteiger partial charge is 0.0714 e. The molecule has 0 radical (unpaired) electrons. The number of hydrogen-bond donors (Lipinski definition) is 0. The second-order valence-corrected chi connectivity index (χ2v) is 19.0. The summed E-state index contributed by atoms with van der Waals surface area (Å²) in [6, 6.07) is 94.3. The highest BCUT2D eigenvalue weighted by Crippen LogP contribution is 2.57. The molecule has 2 nitrogen and oxygen atoms in total. The summed E-state index contributed by atoms with van der Waals surface area (Å²) in [5.41, 5.74) is 16.5. The van der Waals surface area contributed by atoms with Crippen LogP contribution in [0.1, 0.15) is 22.3 Å². The van der Waals surface area contributed by atoms with Crippen molar-refractivity contribution in [3.8, 4) is 27.9 Å². The van der Waals surface area contributed by atoms with E-state index in [1.54, 1.807) is 0 Å². The largest absolute Gasteiger partial charge is 0.310 e. The maximum Gasteiger partial charge on any atom is 0.0714 e. The van der Waals surface area contributed by atoms with Gasteiger partial charge in [-0.25, -0.2) is 0 Å². The number of rotatable bonds is 7. The second-order valence-electron chi connectivity index (χ2n) is 18.0. The Balaban J connectivity index is 0.993. The monoisotopic (exact) mass is 882 g/mol. The van der Waals surface area contributed by atoms with E-state index in [4.69, 9.17) is 0 Å². The van der Waals surface area contributed by atoms with Gasteiger partial charge in [0.05, 0.1) is 26.8 Å². The van der Waals surface area contributed by atoms with E-state index in [1.807, 2.05) is 11.3 Å². The molecule has 0 saturated heterocycles. The maximum absolute atomic E-state index is 2.51. The Morgan fingerprint density at radius 2 is 0.956 bits per heavy atom. The first-order valence-electron chi connectivity index (χ1n) is 23.4. The van der Waals surface area contributed by atoms with Crippen molar-refractivity contribution in [2.24, 2.45) is 0 Å². The molecule has 68 heavy (non-hydrogen) atoms. The lowest BCUT2D eigenvalue weighted by molar-refractivity contribution is 0.768. The van der Waals surface area contributed by atoms with Crippen LogP contribution in [-0.4, -0.2) is 4.57 Å². The predicted octanol–water partition coefficient (Wildman–Crippen LogP) is 17.8. The lowest BCUT2D eigenvalue weighted by atomic mass is 9.67. The molecule has 0 spiro atoms. The Morgan fingerprint density at radius 1 is 0.368 bits per heavy atom. The van der Waals surface area contributed by atoms with E-state index >= 15 is 0 Å². The number of thiophene rings is 1. The normalized spacial score (nSPS) is 12.8. The van der Waals surface area contributed by atoms with Crippen LogP contribution in [0.5, 0.6) is 0 Å². The Hall–Kier alpha value is -8.50. The minimum absolute atomic E-state index is 0.517. The number of benzene rings is 11. The average molecular weight is 883 g/mol. The van der Waals surface area contributed by atoms with E-state index in [9.17, 15) is 0 Å². The van der Waals surface area contributed by atoms with Crippen molar-refractivity contribution in [3.05, 3.63) is 277 Å². The number of aromatic nitrogens is 1. The van der Waals surface area contributed by atoms with Crippen molar-refractivity contribution in [2.75, 3.05) is 4.90 Å². The van der Waals surface area contributed by atoms with Crippen molar-refractivity contribution in [2.45, 2.75) is 5.41 Å². The maximum atomic E-state index is 2.51. The van der Waals surface area contributed by atoms with Gasteiger partial charge in [-0.3, -0.25) is 0 Å². The third kappa shape index (κ3) is 5.70. The third-order valence-electron chi connectivity index (χ3n) is 14.5. The van der Waals surface area contributed by atoms with Crippen LogP contribution in [0.25, 0.3) is 80.7 Å². The molecule has 11 aromatic carbocycles. The summed E-state index contributed by atoms with van der Waals surface area (Å²) in [4.78, 5) is 2.46. The fourth-order valence-electron chi connectivity index (χ4n) is 11.5. The van der Waals surface area contributed by atoms with Crippen LogP contribution in [0.3, 0.4) is 0 Å². The number of nitrogens with zero attached hydrogens (tertiary/aromatic N) is 2. The van der Waals surface area contributed by atoms with Gasteiger partial charge in [-0.1, -0.05) is 206 Å². The van der Waals surface area contributed by atoms with Gasteiger partial charge in [-0.15, -0.1) is 11.3 Å². The van der Waals surface area contributed by atoms with E-state index in [1.165, 1.54) is 103 Å². The van der Waals surface area contributed by atoms with Gasteiger partial charge in [0.1, 0.15) is 0 Å². The van der Waals surface area contributed by atoms with Crippen molar-refractivity contribution in [1.29, 1.82) is 0 Å². The van der Waals surface area contributed by atoms with Gasteiger partial charge in [-0.2, -0.15) is 0 Å². The Kier molecular flexibility index (Phi) is 8.71. The van der Waals surface area contributed by atoms with Crippen molar-refractivity contribution in [1.82, 2.24) is 4.57 Å². The molecule has 14 rings (SSSR count). The fraction of sp³-hybridized carbons (Fsp3) is 0.0154. The molecular weight excluding hydrogens is 841 g/mol. The van der Waals surface area contributed by atoms with Crippen molar-refractivity contribution >= 4 is 81.1 Å². The summed E-state index contributed by atoms with van der Waals surface area (Å²) in [5, 5.41) is 7.57. The standard InChI is InChI=1S/C65H42N2S/c1-4-17-43(18-5-1)44-31-34-48(35-32-44)66(49-36-39-53-52-25-12-14-28-58(52)65(59(53)41-49,46-20-6-2-7-21-46)47-22-8-3-9-23-47)50-37-40-55-57-27-16-30-61(64(57)68-62(55)42-50)67-60-29-15-13-26-54(60)56-38-33-45-19-10-11-24-51(45)63(56)67/h1-42H. The zero-order chi connectivity index (χ0) is 44.8. The molecule has 1 aliphatic carbocycles. The van der Waals surface area contributed by atoms with E-state index in [-0.39, 0.29) is 0 Å². The fourth-order valence-corrected chi connectivity index (χ4v) is 12.8. The van der Waals surface area contributed by atoms with Gasteiger partial charge >= 0.3 is 0 Å². The molecule has 0 atom stereocenters. The van der Waals surface area contributed by atoms with Gasteiger partial charge < -0.3 is 9.47 Å². The molecule has 0 N–H and O–H groups in total. The molecule has 318 valence electrons. The van der Waals surface area contributed by atoms with Crippen LogP contribution in [-0.2, 0) is 5.41 Å². The lowest BCUT2D eigenvalue weighted by Gasteiger charge is -2.35. The predicted molar refractivity (Wildman–Crippen MR) is 289 cm³/mol. The quantitative estimate of drug-likeness (QED) is 0.155. The molecule has 0 saturated carbocycles. The van der Waals surface area contributed by atoms with Crippen molar-refractivity contribution < 1.29 is 0 Å². The molecular formula is C65H42N2S. The molecule has 3 heteroatoms. The molecule has 0 amide bonds. The molecule has 0 unspecified atom stereocenters. The highest BCUT2D eigenvalue weighted by atomic mass is 32.1. The highest BCUT2D eigenvalue weighted by Gasteiger charge is 2.46. The Labute approximate surface area is 398 Å². The zero-order valence-corrected chi connectivity index (χ0v) is 37.9. The number of hydrogen-bond acceptors (Lipinski definition) is 2. The van der Waals surface area contributed by atoms with Crippen LogP contribution in [0.15, 0.2) is 255 Å². The van der Waals surface area contributed by atoms with Crippen LogP contribution in [0.2, 0.25) is 0 Å². The first-order chi connectivity index (χ1) is 33.7. The first-order valence-corrected chi connectivity index (χ1v) is 24.2. The lowest BCUT2D eigenvalue weighted by Crippen LogP contribution is -2.28. The molecule has 13 aromatic rings. The molecule has 2 aromatic heterocycles.